The Labute approximate surface area is 87.9 Å². The van der Waals surface area contributed by atoms with Gasteiger partial charge in [0.25, 0.3) is 0 Å². The van der Waals surface area contributed by atoms with Gasteiger partial charge in [0.2, 0.25) is 5.88 Å². The first kappa shape index (κ1) is 12.1. The molecule has 0 unspecified atom stereocenters. The van der Waals surface area contributed by atoms with Gasteiger partial charge in [-0.15, -0.1) is 13.2 Å². The molecule has 0 saturated carbocycles. The number of nitrogen functional groups attached to an aromatic ring is 1. The highest BCUT2D eigenvalue weighted by Crippen LogP contribution is 2.26. The molecule has 8 heteroatoms. The van der Waals surface area contributed by atoms with Crippen molar-refractivity contribution in [1.29, 1.82) is 5.26 Å². The molecule has 0 radical (unpaired) electrons. The Kier molecular flexibility index (Phi) is 3.20. The number of halogens is 3. The molecule has 0 fully saturated rings. The normalized spacial score (nSPS) is 10.9. The number of rotatable bonds is 2. The number of nitrogens with zero attached hydrogens (tertiary/aromatic N) is 2. The standard InChI is InChI=1S/C8H6F3N3O2/c9-8(10,11)16-7-4(2-12)1-5(3-15)6(13)14-7/h1,15H,3H2,(H2,13,14). The molecule has 1 heterocycles. The van der Waals surface area contributed by atoms with Gasteiger partial charge < -0.3 is 15.6 Å². The molecule has 0 aliphatic carbocycles. The van der Waals surface area contributed by atoms with Crippen molar-refractivity contribution in [2.24, 2.45) is 0 Å². The van der Waals surface area contributed by atoms with E-state index in [2.05, 4.69) is 9.72 Å². The van der Waals surface area contributed by atoms with Crippen LogP contribution in [0.2, 0.25) is 0 Å². The van der Waals surface area contributed by atoms with Crippen molar-refractivity contribution in [3.8, 4) is 11.9 Å². The van der Waals surface area contributed by atoms with Gasteiger partial charge in [-0.05, 0) is 6.07 Å². The number of aliphatic hydroxyl groups excluding tert-OH is 1. The van der Waals surface area contributed by atoms with Gasteiger partial charge in [0.15, 0.2) is 0 Å². The largest absolute Gasteiger partial charge is 0.574 e. The fourth-order valence-corrected chi connectivity index (χ4v) is 0.945. The Bertz CT molecular complexity index is 439. The zero-order chi connectivity index (χ0) is 12.3. The van der Waals surface area contributed by atoms with Crippen LogP contribution in [0.4, 0.5) is 19.0 Å². The highest BCUT2D eigenvalue weighted by molar-refractivity contribution is 5.50. The average molecular weight is 233 g/mol. The van der Waals surface area contributed by atoms with Crippen molar-refractivity contribution in [2.75, 3.05) is 5.73 Å². The van der Waals surface area contributed by atoms with Gasteiger partial charge in [0.1, 0.15) is 17.5 Å². The van der Waals surface area contributed by atoms with Gasteiger partial charge >= 0.3 is 6.36 Å². The van der Waals surface area contributed by atoms with Crippen molar-refractivity contribution in [3.05, 3.63) is 17.2 Å². The third-order valence-corrected chi connectivity index (χ3v) is 1.60. The van der Waals surface area contributed by atoms with Crippen molar-refractivity contribution < 1.29 is 23.0 Å². The van der Waals surface area contributed by atoms with E-state index in [4.69, 9.17) is 16.1 Å². The van der Waals surface area contributed by atoms with Crippen molar-refractivity contribution in [3.63, 3.8) is 0 Å². The van der Waals surface area contributed by atoms with Gasteiger partial charge in [-0.3, -0.25) is 0 Å². The molecule has 1 rings (SSSR count). The zero-order valence-corrected chi connectivity index (χ0v) is 7.75. The molecular weight excluding hydrogens is 227 g/mol. The molecule has 0 spiro atoms. The van der Waals surface area contributed by atoms with Crippen molar-refractivity contribution in [2.45, 2.75) is 13.0 Å². The maximum atomic E-state index is 11.9. The van der Waals surface area contributed by atoms with Gasteiger partial charge in [0, 0.05) is 5.56 Å². The maximum absolute atomic E-state index is 11.9. The smallest absolute Gasteiger partial charge is 0.392 e. The lowest BCUT2D eigenvalue weighted by molar-refractivity contribution is -0.276. The third kappa shape index (κ3) is 2.74. The highest BCUT2D eigenvalue weighted by Gasteiger charge is 2.33. The lowest BCUT2D eigenvalue weighted by atomic mass is 10.2. The number of nitrogens with two attached hydrogens (primary N) is 1. The van der Waals surface area contributed by atoms with Crippen LogP contribution in [0, 0.1) is 11.3 Å². The Balaban J connectivity index is 3.20. The molecule has 0 atom stereocenters. The van der Waals surface area contributed by atoms with Gasteiger partial charge in [-0.2, -0.15) is 10.2 Å². The minimum atomic E-state index is -4.95. The molecule has 3 N–H and O–H groups in total. The molecule has 0 aliphatic rings. The third-order valence-electron chi connectivity index (χ3n) is 1.60. The second-order valence-electron chi connectivity index (χ2n) is 2.70. The number of aliphatic hydroxyl groups is 1. The SMILES string of the molecule is N#Cc1cc(CO)c(N)nc1OC(F)(F)F. The summed E-state index contributed by atoms with van der Waals surface area (Å²) in [6.45, 7) is -0.528. The second-order valence-corrected chi connectivity index (χ2v) is 2.70. The summed E-state index contributed by atoms with van der Waals surface area (Å²) in [5, 5.41) is 17.3. The van der Waals surface area contributed by atoms with E-state index in [0.717, 1.165) is 6.07 Å². The monoisotopic (exact) mass is 233 g/mol. The first-order valence-corrected chi connectivity index (χ1v) is 3.93. The van der Waals surface area contributed by atoms with E-state index in [1.165, 1.54) is 6.07 Å². The Hall–Kier alpha value is -2.01. The highest BCUT2D eigenvalue weighted by atomic mass is 19.4. The summed E-state index contributed by atoms with van der Waals surface area (Å²) in [5.74, 6) is -1.24. The Morgan fingerprint density at radius 2 is 2.19 bits per heavy atom. The number of ether oxygens (including phenoxy) is 1. The van der Waals surface area contributed by atoms with Crippen molar-refractivity contribution in [1.82, 2.24) is 4.98 Å². The molecule has 1 aromatic heterocycles. The van der Waals surface area contributed by atoms with E-state index in [1.807, 2.05) is 0 Å². The first-order chi connectivity index (χ1) is 7.37. The molecule has 0 aliphatic heterocycles. The zero-order valence-electron chi connectivity index (χ0n) is 7.75. The number of pyridine rings is 1. The van der Waals surface area contributed by atoms with Gasteiger partial charge in [-0.1, -0.05) is 0 Å². The van der Waals surface area contributed by atoms with E-state index >= 15 is 0 Å². The summed E-state index contributed by atoms with van der Waals surface area (Å²) in [6, 6.07) is 2.46. The van der Waals surface area contributed by atoms with Crippen LogP contribution in [0.15, 0.2) is 6.07 Å². The summed E-state index contributed by atoms with van der Waals surface area (Å²) in [6.07, 6.45) is -4.95. The lowest BCUT2D eigenvalue weighted by Gasteiger charge is -2.11. The van der Waals surface area contributed by atoms with Crippen LogP contribution in [0.5, 0.6) is 5.88 Å². The Morgan fingerprint density at radius 3 is 2.62 bits per heavy atom. The van der Waals surface area contributed by atoms with Crippen LogP contribution in [0.25, 0.3) is 0 Å². The fourth-order valence-electron chi connectivity index (χ4n) is 0.945. The molecule has 0 saturated heterocycles. The first-order valence-electron chi connectivity index (χ1n) is 3.93. The number of anilines is 1. The molecular formula is C8H6F3N3O2. The summed E-state index contributed by atoms with van der Waals surface area (Å²) in [5.41, 5.74) is 4.86. The topological polar surface area (TPSA) is 92.2 Å². The van der Waals surface area contributed by atoms with E-state index in [-0.39, 0.29) is 11.4 Å². The maximum Gasteiger partial charge on any atom is 0.574 e. The van der Waals surface area contributed by atoms with E-state index in [9.17, 15) is 13.2 Å². The minimum absolute atomic E-state index is 0.0612. The predicted octanol–water partition coefficient (Wildman–Crippen LogP) is 0.926. The fraction of sp³-hybridized carbons (Fsp3) is 0.250. The molecule has 0 amide bonds. The van der Waals surface area contributed by atoms with Crippen LogP contribution >= 0.6 is 0 Å². The van der Waals surface area contributed by atoms with Crippen LogP contribution in [0.3, 0.4) is 0 Å². The van der Waals surface area contributed by atoms with E-state index < -0.39 is 24.4 Å². The molecule has 0 aromatic carbocycles. The quantitative estimate of drug-likeness (QED) is 0.792. The molecule has 5 nitrogen and oxygen atoms in total. The van der Waals surface area contributed by atoms with Crippen LogP contribution < -0.4 is 10.5 Å². The molecule has 16 heavy (non-hydrogen) atoms. The van der Waals surface area contributed by atoms with Crippen LogP contribution in [-0.4, -0.2) is 16.5 Å². The number of alkyl halides is 3. The van der Waals surface area contributed by atoms with E-state index in [1.54, 1.807) is 0 Å². The second kappa shape index (κ2) is 4.24. The molecule has 86 valence electrons. The van der Waals surface area contributed by atoms with Crippen molar-refractivity contribution >= 4 is 5.82 Å². The predicted molar refractivity (Wildman–Crippen MR) is 46.0 cm³/mol. The number of hydrogen-bond donors (Lipinski definition) is 2. The molecule has 0 bridgehead atoms. The average Bonchev–Trinajstić information content (AvgIpc) is 2.16. The summed E-state index contributed by atoms with van der Waals surface area (Å²) in [4.78, 5) is 3.25. The molecule has 1 aromatic rings. The summed E-state index contributed by atoms with van der Waals surface area (Å²) in [7, 11) is 0. The minimum Gasteiger partial charge on any atom is -0.392 e. The van der Waals surface area contributed by atoms with Gasteiger partial charge in [-0.25, -0.2) is 0 Å². The number of hydrogen-bond acceptors (Lipinski definition) is 5. The van der Waals surface area contributed by atoms with E-state index in [0.29, 0.717) is 0 Å². The van der Waals surface area contributed by atoms with Gasteiger partial charge in [0.05, 0.1) is 6.61 Å². The number of aromatic nitrogens is 1. The van der Waals surface area contributed by atoms with Crippen LogP contribution in [-0.2, 0) is 6.61 Å². The summed E-state index contributed by atoms with van der Waals surface area (Å²) < 4.78 is 39.2. The van der Waals surface area contributed by atoms with Crippen LogP contribution in [0.1, 0.15) is 11.1 Å². The number of nitriles is 1. The lowest BCUT2D eigenvalue weighted by Crippen LogP contribution is -2.19. The summed E-state index contributed by atoms with van der Waals surface area (Å²) >= 11 is 0. The Morgan fingerprint density at radius 1 is 1.56 bits per heavy atom.